The molecule has 0 bridgehead atoms. The average Bonchev–Trinajstić information content (AvgIpc) is 3.16. The van der Waals surface area contributed by atoms with Gasteiger partial charge in [0, 0.05) is 27.7 Å². The van der Waals surface area contributed by atoms with Gasteiger partial charge in [0.1, 0.15) is 0 Å². The standard InChI is InChI=1S/C20H19N3O2S2/c1-13-3-4-14(2)17(11-13)27-12-18(24)22-16-7-5-15(6-8-16)19(25)23-20-21-9-10-26-20/h3-11H,12H2,1-2H3,(H,22,24)(H,21,23,25). The summed E-state index contributed by atoms with van der Waals surface area (Å²) in [5.41, 5.74) is 3.50. The Kier molecular flexibility index (Phi) is 6.26. The number of thioether (sulfide) groups is 1. The van der Waals surface area contributed by atoms with Crippen LogP contribution in [0.4, 0.5) is 10.8 Å². The van der Waals surface area contributed by atoms with Crippen LogP contribution in [0.15, 0.2) is 58.9 Å². The van der Waals surface area contributed by atoms with E-state index in [0.717, 1.165) is 10.5 Å². The van der Waals surface area contributed by atoms with E-state index in [2.05, 4.69) is 33.8 Å². The van der Waals surface area contributed by atoms with E-state index in [0.29, 0.717) is 22.1 Å². The third kappa shape index (κ3) is 5.42. The second-order valence-electron chi connectivity index (χ2n) is 5.97. The Morgan fingerprint density at radius 3 is 2.56 bits per heavy atom. The largest absolute Gasteiger partial charge is 0.325 e. The van der Waals surface area contributed by atoms with Crippen LogP contribution >= 0.6 is 23.1 Å². The molecule has 2 N–H and O–H groups in total. The molecular weight excluding hydrogens is 378 g/mol. The number of aromatic nitrogens is 1. The minimum absolute atomic E-state index is 0.0825. The number of hydrogen-bond donors (Lipinski definition) is 2. The maximum absolute atomic E-state index is 12.2. The maximum Gasteiger partial charge on any atom is 0.257 e. The van der Waals surface area contributed by atoms with E-state index < -0.39 is 0 Å². The van der Waals surface area contributed by atoms with Crippen molar-refractivity contribution >= 4 is 45.7 Å². The number of carbonyl (C=O) groups excluding carboxylic acids is 2. The SMILES string of the molecule is Cc1ccc(C)c(SCC(=O)Nc2ccc(C(=O)Nc3nccs3)cc2)c1. The van der Waals surface area contributed by atoms with E-state index in [-0.39, 0.29) is 11.8 Å². The van der Waals surface area contributed by atoms with E-state index >= 15 is 0 Å². The monoisotopic (exact) mass is 397 g/mol. The van der Waals surface area contributed by atoms with E-state index in [1.807, 2.05) is 13.8 Å². The Morgan fingerprint density at radius 2 is 1.85 bits per heavy atom. The van der Waals surface area contributed by atoms with Gasteiger partial charge in [-0.3, -0.25) is 14.9 Å². The zero-order chi connectivity index (χ0) is 19.2. The highest BCUT2D eigenvalue weighted by Gasteiger charge is 2.09. The predicted octanol–water partition coefficient (Wildman–Crippen LogP) is 4.74. The van der Waals surface area contributed by atoms with Crippen molar-refractivity contribution in [1.82, 2.24) is 4.98 Å². The van der Waals surface area contributed by atoms with Gasteiger partial charge in [-0.1, -0.05) is 17.7 Å². The quantitative estimate of drug-likeness (QED) is 0.589. The lowest BCUT2D eigenvalue weighted by molar-refractivity contribution is -0.113. The summed E-state index contributed by atoms with van der Waals surface area (Å²) in [7, 11) is 0. The molecule has 138 valence electrons. The highest BCUT2D eigenvalue weighted by atomic mass is 32.2. The number of carbonyl (C=O) groups is 2. The van der Waals surface area contributed by atoms with Crippen molar-refractivity contribution in [2.24, 2.45) is 0 Å². The lowest BCUT2D eigenvalue weighted by atomic mass is 10.2. The molecule has 3 rings (SSSR count). The first-order chi connectivity index (χ1) is 13.0. The molecule has 5 nitrogen and oxygen atoms in total. The van der Waals surface area contributed by atoms with Gasteiger partial charge in [-0.05, 0) is 49.7 Å². The molecule has 0 radical (unpaired) electrons. The fraction of sp³-hybridized carbons (Fsp3) is 0.150. The molecule has 1 aromatic heterocycles. The van der Waals surface area contributed by atoms with Gasteiger partial charge in [0.05, 0.1) is 5.75 Å². The molecule has 0 saturated carbocycles. The Morgan fingerprint density at radius 1 is 1.07 bits per heavy atom. The Hall–Kier alpha value is -2.64. The van der Waals surface area contributed by atoms with Gasteiger partial charge >= 0.3 is 0 Å². The molecule has 0 aliphatic carbocycles. The summed E-state index contributed by atoms with van der Waals surface area (Å²) in [5.74, 6) is 0.0190. The van der Waals surface area contributed by atoms with Crippen molar-refractivity contribution in [3.8, 4) is 0 Å². The van der Waals surface area contributed by atoms with Gasteiger partial charge in [0.15, 0.2) is 5.13 Å². The summed E-state index contributed by atoms with van der Waals surface area (Å²) in [6.45, 7) is 4.07. The number of nitrogens with zero attached hydrogens (tertiary/aromatic N) is 1. The Balaban J connectivity index is 1.53. The molecule has 0 saturated heterocycles. The summed E-state index contributed by atoms with van der Waals surface area (Å²) >= 11 is 2.88. The summed E-state index contributed by atoms with van der Waals surface area (Å²) in [6, 6.07) is 13.0. The lowest BCUT2D eigenvalue weighted by Crippen LogP contribution is -2.15. The fourth-order valence-corrected chi connectivity index (χ4v) is 3.81. The number of hydrogen-bond acceptors (Lipinski definition) is 5. The number of nitrogens with one attached hydrogen (secondary N) is 2. The molecule has 7 heteroatoms. The molecule has 0 aliphatic heterocycles. The topological polar surface area (TPSA) is 71.1 Å². The molecule has 2 aromatic carbocycles. The molecule has 2 amide bonds. The molecule has 0 atom stereocenters. The third-order valence-electron chi connectivity index (χ3n) is 3.79. The minimum Gasteiger partial charge on any atom is -0.325 e. The summed E-state index contributed by atoms with van der Waals surface area (Å²) in [4.78, 5) is 29.5. The van der Waals surface area contributed by atoms with Crippen LogP contribution in [-0.2, 0) is 4.79 Å². The van der Waals surface area contributed by atoms with Gasteiger partial charge in [0.2, 0.25) is 5.91 Å². The molecule has 0 spiro atoms. The van der Waals surface area contributed by atoms with Crippen molar-refractivity contribution in [1.29, 1.82) is 0 Å². The maximum atomic E-state index is 12.2. The zero-order valence-corrected chi connectivity index (χ0v) is 16.6. The molecule has 0 unspecified atom stereocenters. The summed E-state index contributed by atoms with van der Waals surface area (Å²) < 4.78 is 0. The van der Waals surface area contributed by atoms with Crippen LogP contribution < -0.4 is 10.6 Å². The van der Waals surface area contributed by atoms with Crippen molar-refractivity contribution in [3.63, 3.8) is 0 Å². The highest BCUT2D eigenvalue weighted by Crippen LogP contribution is 2.23. The molecule has 1 heterocycles. The fourth-order valence-electron chi connectivity index (χ4n) is 2.36. The number of aryl methyl sites for hydroxylation is 2. The van der Waals surface area contributed by atoms with Crippen LogP contribution in [0.25, 0.3) is 0 Å². The number of amides is 2. The predicted molar refractivity (Wildman–Crippen MR) is 112 cm³/mol. The first kappa shape index (κ1) is 19.1. The molecular formula is C20H19N3O2S2. The molecule has 27 heavy (non-hydrogen) atoms. The van der Waals surface area contributed by atoms with Crippen LogP contribution in [0.3, 0.4) is 0 Å². The van der Waals surface area contributed by atoms with Crippen LogP contribution in [-0.4, -0.2) is 22.6 Å². The average molecular weight is 398 g/mol. The first-order valence-electron chi connectivity index (χ1n) is 8.32. The third-order valence-corrected chi connectivity index (χ3v) is 5.63. The molecule has 3 aromatic rings. The van der Waals surface area contributed by atoms with E-state index in [1.165, 1.54) is 28.7 Å². The van der Waals surface area contributed by atoms with Crippen molar-refractivity contribution in [3.05, 3.63) is 70.7 Å². The number of benzene rings is 2. The summed E-state index contributed by atoms with van der Waals surface area (Å²) in [5, 5.41) is 7.93. The van der Waals surface area contributed by atoms with Crippen LogP contribution in [0.5, 0.6) is 0 Å². The van der Waals surface area contributed by atoms with Crippen molar-refractivity contribution < 1.29 is 9.59 Å². The highest BCUT2D eigenvalue weighted by molar-refractivity contribution is 8.00. The van der Waals surface area contributed by atoms with Crippen LogP contribution in [0, 0.1) is 13.8 Å². The number of thiazole rings is 1. The molecule has 0 fully saturated rings. The van der Waals surface area contributed by atoms with Crippen molar-refractivity contribution in [2.75, 3.05) is 16.4 Å². The second-order valence-corrected chi connectivity index (χ2v) is 7.89. The van der Waals surface area contributed by atoms with Gasteiger partial charge in [0.25, 0.3) is 5.91 Å². The van der Waals surface area contributed by atoms with Crippen molar-refractivity contribution in [2.45, 2.75) is 18.7 Å². The van der Waals surface area contributed by atoms with Gasteiger partial charge in [-0.15, -0.1) is 23.1 Å². The number of rotatable bonds is 6. The van der Waals surface area contributed by atoms with E-state index in [1.54, 1.807) is 35.8 Å². The van der Waals surface area contributed by atoms with Crippen LogP contribution in [0.1, 0.15) is 21.5 Å². The normalized spacial score (nSPS) is 10.4. The van der Waals surface area contributed by atoms with E-state index in [4.69, 9.17) is 0 Å². The Labute approximate surface area is 166 Å². The minimum atomic E-state index is -0.228. The van der Waals surface area contributed by atoms with Gasteiger partial charge < -0.3 is 5.32 Å². The van der Waals surface area contributed by atoms with Crippen LogP contribution in [0.2, 0.25) is 0 Å². The number of anilines is 2. The molecule has 0 aliphatic rings. The van der Waals surface area contributed by atoms with E-state index in [9.17, 15) is 9.59 Å². The first-order valence-corrected chi connectivity index (χ1v) is 10.2. The smallest absolute Gasteiger partial charge is 0.257 e. The Bertz CT molecular complexity index is 938. The zero-order valence-electron chi connectivity index (χ0n) is 15.0. The van der Waals surface area contributed by atoms with Gasteiger partial charge in [-0.25, -0.2) is 4.98 Å². The summed E-state index contributed by atoms with van der Waals surface area (Å²) in [6.07, 6.45) is 1.63. The lowest BCUT2D eigenvalue weighted by Gasteiger charge is -2.08. The van der Waals surface area contributed by atoms with Gasteiger partial charge in [-0.2, -0.15) is 0 Å². The second kappa shape index (κ2) is 8.83.